The first-order valence-electron chi connectivity index (χ1n) is 20.8. The zero-order valence-electron chi connectivity index (χ0n) is 33.1. The summed E-state index contributed by atoms with van der Waals surface area (Å²) in [6.45, 7) is 0. The van der Waals surface area contributed by atoms with Gasteiger partial charge in [-0.15, -0.1) is 0 Å². The van der Waals surface area contributed by atoms with Crippen LogP contribution in [0.1, 0.15) is 0 Å². The van der Waals surface area contributed by atoms with Crippen LogP contribution in [-0.4, -0.2) is 0 Å². The Bertz CT molecular complexity index is 3280. The second-order valence-electron chi connectivity index (χ2n) is 15.5. The standard InChI is InChI=1S/C60H40/c1-4-19-41(20-5-1)45-25-18-26-46(39-45)49-38-37-43-35-36-47(59-55-33-16-14-31-53(55)58(44-23-8-3-9-24-44)54-32-15-17-34-56(54)59)40-57(43)60(49)52-30-13-12-29-51(52)50-28-11-10-27-48(50)42-21-6-2-7-22-42/h1-40H. The Morgan fingerprint density at radius 2 is 0.600 bits per heavy atom. The van der Waals surface area contributed by atoms with Gasteiger partial charge in [0.15, 0.2) is 0 Å². The average molecular weight is 761 g/mol. The van der Waals surface area contributed by atoms with Gasteiger partial charge >= 0.3 is 0 Å². The van der Waals surface area contributed by atoms with Crippen molar-refractivity contribution >= 4 is 32.3 Å². The number of hydrogen-bond acceptors (Lipinski definition) is 0. The quantitative estimate of drug-likeness (QED) is 0.142. The summed E-state index contributed by atoms with van der Waals surface area (Å²) in [4.78, 5) is 0. The minimum atomic E-state index is 1.19. The normalized spacial score (nSPS) is 11.3. The van der Waals surface area contributed by atoms with Gasteiger partial charge in [0.05, 0.1) is 0 Å². The second kappa shape index (κ2) is 15.2. The largest absolute Gasteiger partial charge is 0.0622 e. The average Bonchev–Trinajstić information content (AvgIpc) is 3.33. The van der Waals surface area contributed by atoms with E-state index < -0.39 is 0 Å². The third-order valence-electron chi connectivity index (χ3n) is 12.1. The summed E-state index contributed by atoms with van der Waals surface area (Å²) in [7, 11) is 0. The Hall–Kier alpha value is -7.80. The lowest BCUT2D eigenvalue weighted by atomic mass is 9.82. The predicted octanol–water partition coefficient (Wildman–Crippen LogP) is 16.8. The number of rotatable bonds is 7. The van der Waals surface area contributed by atoms with E-state index in [4.69, 9.17) is 0 Å². The Morgan fingerprint density at radius 1 is 0.167 bits per heavy atom. The molecule has 0 saturated heterocycles. The van der Waals surface area contributed by atoms with Crippen molar-refractivity contribution in [1.29, 1.82) is 0 Å². The Balaban J connectivity index is 1.22. The summed E-state index contributed by atoms with van der Waals surface area (Å²) >= 11 is 0. The Kier molecular flexibility index (Phi) is 8.95. The zero-order valence-corrected chi connectivity index (χ0v) is 33.1. The first kappa shape index (κ1) is 35.4. The van der Waals surface area contributed by atoms with Crippen molar-refractivity contribution in [3.63, 3.8) is 0 Å². The molecular formula is C60H40. The fraction of sp³-hybridized carbons (Fsp3) is 0. The van der Waals surface area contributed by atoms with Gasteiger partial charge in [-0.3, -0.25) is 0 Å². The first-order chi connectivity index (χ1) is 29.8. The first-order valence-corrected chi connectivity index (χ1v) is 20.8. The van der Waals surface area contributed by atoms with Crippen molar-refractivity contribution in [2.45, 2.75) is 0 Å². The number of hydrogen-bond donors (Lipinski definition) is 0. The van der Waals surface area contributed by atoms with Crippen molar-refractivity contribution in [3.05, 3.63) is 243 Å². The fourth-order valence-electron chi connectivity index (χ4n) is 9.38. The lowest BCUT2D eigenvalue weighted by Crippen LogP contribution is -1.94. The van der Waals surface area contributed by atoms with Crippen LogP contribution in [0.5, 0.6) is 0 Å². The van der Waals surface area contributed by atoms with Crippen LogP contribution in [-0.2, 0) is 0 Å². The molecule has 0 aliphatic rings. The predicted molar refractivity (Wildman–Crippen MR) is 257 cm³/mol. The van der Waals surface area contributed by atoms with Crippen molar-refractivity contribution in [2.75, 3.05) is 0 Å². The lowest BCUT2D eigenvalue weighted by Gasteiger charge is -2.21. The maximum atomic E-state index is 2.46. The van der Waals surface area contributed by atoms with E-state index in [9.17, 15) is 0 Å². The molecule has 11 aromatic carbocycles. The highest BCUT2D eigenvalue weighted by Crippen LogP contribution is 2.48. The highest BCUT2D eigenvalue weighted by molar-refractivity contribution is 6.22. The van der Waals surface area contributed by atoms with E-state index in [2.05, 4.69) is 243 Å². The molecule has 11 aromatic rings. The highest BCUT2D eigenvalue weighted by atomic mass is 14.2. The van der Waals surface area contributed by atoms with E-state index in [1.54, 1.807) is 0 Å². The van der Waals surface area contributed by atoms with Crippen LogP contribution in [0.15, 0.2) is 243 Å². The topological polar surface area (TPSA) is 0 Å². The van der Waals surface area contributed by atoms with E-state index >= 15 is 0 Å². The molecule has 0 aliphatic carbocycles. The van der Waals surface area contributed by atoms with Crippen LogP contribution in [0.4, 0.5) is 0 Å². The van der Waals surface area contributed by atoms with E-state index in [1.165, 1.54) is 110 Å². The molecule has 0 amide bonds. The van der Waals surface area contributed by atoms with Crippen molar-refractivity contribution < 1.29 is 0 Å². The van der Waals surface area contributed by atoms with Crippen LogP contribution in [0.3, 0.4) is 0 Å². The summed E-state index contributed by atoms with van der Waals surface area (Å²) < 4.78 is 0. The fourth-order valence-corrected chi connectivity index (χ4v) is 9.38. The maximum absolute atomic E-state index is 2.46. The SMILES string of the molecule is c1ccc(-c2cccc(-c3ccc4ccc(-c5c6ccccc6c(-c6ccccc6)c6ccccc56)cc4c3-c3ccccc3-c3ccccc3-c3ccccc3)c2)cc1. The van der Waals surface area contributed by atoms with Gasteiger partial charge in [-0.25, -0.2) is 0 Å². The van der Waals surface area contributed by atoms with E-state index in [0.717, 1.165) is 0 Å². The minimum absolute atomic E-state index is 1.19. The minimum Gasteiger partial charge on any atom is -0.0622 e. The summed E-state index contributed by atoms with van der Waals surface area (Å²) in [5.41, 5.74) is 17.0. The lowest BCUT2D eigenvalue weighted by molar-refractivity contribution is 1.56. The molecule has 0 unspecified atom stereocenters. The molecular weight excluding hydrogens is 721 g/mol. The van der Waals surface area contributed by atoms with E-state index in [1.807, 2.05) is 0 Å². The Morgan fingerprint density at radius 3 is 1.22 bits per heavy atom. The second-order valence-corrected chi connectivity index (χ2v) is 15.5. The highest BCUT2D eigenvalue weighted by Gasteiger charge is 2.21. The molecule has 0 fully saturated rings. The summed E-state index contributed by atoms with van der Waals surface area (Å²) in [5.74, 6) is 0. The molecule has 0 nitrogen and oxygen atoms in total. The molecule has 0 spiro atoms. The molecule has 60 heavy (non-hydrogen) atoms. The van der Waals surface area contributed by atoms with Gasteiger partial charge < -0.3 is 0 Å². The molecule has 0 aliphatic heterocycles. The van der Waals surface area contributed by atoms with Crippen molar-refractivity contribution in [1.82, 2.24) is 0 Å². The number of benzene rings is 11. The summed E-state index contributed by atoms with van der Waals surface area (Å²) in [5, 5.41) is 7.44. The summed E-state index contributed by atoms with van der Waals surface area (Å²) in [6.07, 6.45) is 0. The molecule has 0 heterocycles. The molecule has 0 aromatic heterocycles. The third-order valence-corrected chi connectivity index (χ3v) is 12.1. The van der Waals surface area contributed by atoms with E-state index in [0.29, 0.717) is 0 Å². The smallest absolute Gasteiger partial charge is 0.00204 e. The van der Waals surface area contributed by atoms with Gasteiger partial charge in [0.25, 0.3) is 0 Å². The van der Waals surface area contributed by atoms with Crippen LogP contribution in [0, 0.1) is 0 Å². The Labute approximate surface area is 351 Å². The maximum Gasteiger partial charge on any atom is -0.00204 e. The van der Waals surface area contributed by atoms with Gasteiger partial charge in [0.2, 0.25) is 0 Å². The van der Waals surface area contributed by atoms with E-state index in [-0.39, 0.29) is 0 Å². The van der Waals surface area contributed by atoms with Crippen LogP contribution in [0.25, 0.3) is 110 Å². The van der Waals surface area contributed by atoms with Crippen LogP contribution >= 0.6 is 0 Å². The molecule has 0 N–H and O–H groups in total. The molecule has 0 bridgehead atoms. The van der Waals surface area contributed by atoms with Gasteiger partial charge in [0, 0.05) is 0 Å². The molecule has 0 atom stereocenters. The van der Waals surface area contributed by atoms with Gasteiger partial charge in [-0.1, -0.05) is 231 Å². The van der Waals surface area contributed by atoms with Crippen molar-refractivity contribution in [3.8, 4) is 77.9 Å². The van der Waals surface area contributed by atoms with Gasteiger partial charge in [-0.2, -0.15) is 0 Å². The van der Waals surface area contributed by atoms with Crippen LogP contribution in [0.2, 0.25) is 0 Å². The molecule has 11 rings (SSSR count). The third kappa shape index (κ3) is 6.18. The number of fused-ring (bicyclic) bond motifs is 3. The molecule has 280 valence electrons. The monoisotopic (exact) mass is 760 g/mol. The van der Waals surface area contributed by atoms with Crippen molar-refractivity contribution in [2.24, 2.45) is 0 Å². The zero-order chi connectivity index (χ0) is 39.8. The van der Waals surface area contributed by atoms with Gasteiger partial charge in [-0.05, 0) is 122 Å². The van der Waals surface area contributed by atoms with Gasteiger partial charge in [0.1, 0.15) is 0 Å². The summed E-state index contributed by atoms with van der Waals surface area (Å²) in [6, 6.07) is 88.8. The van der Waals surface area contributed by atoms with Crippen LogP contribution < -0.4 is 0 Å². The molecule has 0 radical (unpaired) electrons. The molecule has 0 heteroatoms. The molecule has 0 saturated carbocycles.